The van der Waals surface area contributed by atoms with Crippen molar-refractivity contribution in [2.75, 3.05) is 0 Å². The van der Waals surface area contributed by atoms with E-state index in [0.717, 1.165) is 5.92 Å². The SMILES string of the molecule is C=C.C=CCC(CC)CC. The molecule has 0 aromatic heterocycles. The van der Waals surface area contributed by atoms with E-state index in [4.69, 9.17) is 0 Å². The van der Waals surface area contributed by atoms with E-state index in [1.807, 2.05) is 6.08 Å². The first kappa shape index (κ1) is 12.2. The Labute approximate surface area is 65.7 Å². The van der Waals surface area contributed by atoms with Crippen molar-refractivity contribution in [3.8, 4) is 0 Å². The van der Waals surface area contributed by atoms with Crippen molar-refractivity contribution in [1.29, 1.82) is 0 Å². The fraction of sp³-hybridized carbons (Fsp3) is 0.600. The standard InChI is InChI=1S/C8H16.C2H4/c1-4-7-8(5-2)6-3;1-2/h4,8H,1,5-7H2,2-3H3;1-2H2. The van der Waals surface area contributed by atoms with Gasteiger partial charge in [-0.15, -0.1) is 19.7 Å². The quantitative estimate of drug-likeness (QED) is 0.521. The lowest BCUT2D eigenvalue weighted by Crippen LogP contribution is -1.92. The first-order valence-electron chi connectivity index (χ1n) is 3.96. The molecule has 60 valence electrons. The molecule has 0 nitrogen and oxygen atoms in total. The summed E-state index contributed by atoms with van der Waals surface area (Å²) in [5.41, 5.74) is 0. The lowest BCUT2D eigenvalue weighted by atomic mass is 10.00. The summed E-state index contributed by atoms with van der Waals surface area (Å²) in [7, 11) is 0. The Morgan fingerprint density at radius 3 is 1.70 bits per heavy atom. The second kappa shape index (κ2) is 11.3. The molecule has 0 aliphatic heterocycles. The average molecular weight is 140 g/mol. The smallest absolute Gasteiger partial charge is 0.0325 e. The highest BCUT2D eigenvalue weighted by atomic mass is 14.0. The summed E-state index contributed by atoms with van der Waals surface area (Å²) < 4.78 is 0. The third-order valence-corrected chi connectivity index (χ3v) is 1.65. The van der Waals surface area contributed by atoms with Crippen LogP contribution in [0.2, 0.25) is 0 Å². The molecule has 0 aliphatic rings. The van der Waals surface area contributed by atoms with Gasteiger partial charge in [0.25, 0.3) is 0 Å². The third-order valence-electron chi connectivity index (χ3n) is 1.65. The van der Waals surface area contributed by atoms with E-state index in [-0.39, 0.29) is 0 Å². The maximum Gasteiger partial charge on any atom is -0.0325 e. The van der Waals surface area contributed by atoms with Gasteiger partial charge in [-0.05, 0) is 12.3 Å². The van der Waals surface area contributed by atoms with Crippen LogP contribution in [0, 0.1) is 5.92 Å². The van der Waals surface area contributed by atoms with Gasteiger partial charge in [0.15, 0.2) is 0 Å². The van der Waals surface area contributed by atoms with Crippen molar-refractivity contribution in [2.45, 2.75) is 33.1 Å². The molecule has 0 heteroatoms. The van der Waals surface area contributed by atoms with Crippen LogP contribution in [-0.2, 0) is 0 Å². The molecule has 0 heterocycles. The molecule has 0 aromatic rings. The number of hydrogen-bond acceptors (Lipinski definition) is 0. The summed E-state index contributed by atoms with van der Waals surface area (Å²) in [5.74, 6) is 0.882. The van der Waals surface area contributed by atoms with Crippen LogP contribution in [0.1, 0.15) is 33.1 Å². The van der Waals surface area contributed by atoms with Crippen molar-refractivity contribution in [3.05, 3.63) is 25.8 Å². The molecule has 0 radical (unpaired) electrons. The minimum absolute atomic E-state index is 0.882. The van der Waals surface area contributed by atoms with Crippen LogP contribution in [0.15, 0.2) is 25.8 Å². The van der Waals surface area contributed by atoms with E-state index in [1.165, 1.54) is 19.3 Å². The van der Waals surface area contributed by atoms with E-state index in [0.29, 0.717) is 0 Å². The lowest BCUT2D eigenvalue weighted by Gasteiger charge is -2.06. The van der Waals surface area contributed by atoms with Crippen molar-refractivity contribution in [3.63, 3.8) is 0 Å². The fourth-order valence-electron chi connectivity index (χ4n) is 0.858. The molecule has 0 bridgehead atoms. The summed E-state index contributed by atoms with van der Waals surface area (Å²) in [5, 5.41) is 0. The second-order valence-corrected chi connectivity index (χ2v) is 2.21. The van der Waals surface area contributed by atoms with Gasteiger partial charge < -0.3 is 0 Å². The number of hydrogen-bond donors (Lipinski definition) is 0. The molecule has 0 N–H and O–H groups in total. The zero-order valence-electron chi connectivity index (χ0n) is 7.40. The Morgan fingerprint density at radius 1 is 1.20 bits per heavy atom. The van der Waals surface area contributed by atoms with Gasteiger partial charge in [-0.1, -0.05) is 32.8 Å². The highest BCUT2D eigenvalue weighted by molar-refractivity contribution is 4.70. The van der Waals surface area contributed by atoms with Gasteiger partial charge in [0, 0.05) is 0 Å². The van der Waals surface area contributed by atoms with E-state index in [2.05, 4.69) is 33.6 Å². The van der Waals surface area contributed by atoms with Crippen molar-refractivity contribution in [1.82, 2.24) is 0 Å². The van der Waals surface area contributed by atoms with Crippen LogP contribution in [-0.4, -0.2) is 0 Å². The van der Waals surface area contributed by atoms with Crippen molar-refractivity contribution >= 4 is 0 Å². The third kappa shape index (κ3) is 7.48. The Hall–Kier alpha value is -0.520. The molecular weight excluding hydrogens is 120 g/mol. The molecule has 0 rings (SSSR count). The van der Waals surface area contributed by atoms with Gasteiger partial charge in [-0.3, -0.25) is 0 Å². The monoisotopic (exact) mass is 140 g/mol. The minimum atomic E-state index is 0.882. The van der Waals surface area contributed by atoms with E-state index in [9.17, 15) is 0 Å². The molecule has 0 saturated heterocycles. The van der Waals surface area contributed by atoms with Gasteiger partial charge in [0.1, 0.15) is 0 Å². The van der Waals surface area contributed by atoms with Gasteiger partial charge in [-0.2, -0.15) is 0 Å². The maximum absolute atomic E-state index is 3.70. The van der Waals surface area contributed by atoms with Crippen molar-refractivity contribution in [2.24, 2.45) is 5.92 Å². The molecule has 0 fully saturated rings. The largest absolute Gasteiger partial charge is 0.106 e. The maximum atomic E-state index is 3.70. The predicted octanol–water partition coefficient (Wildman–Crippen LogP) is 3.80. The minimum Gasteiger partial charge on any atom is -0.106 e. The molecular formula is C10H20. The summed E-state index contributed by atoms with van der Waals surface area (Å²) >= 11 is 0. The summed E-state index contributed by atoms with van der Waals surface area (Å²) in [6.07, 6.45) is 5.79. The van der Waals surface area contributed by atoms with Crippen LogP contribution in [0.25, 0.3) is 0 Å². The van der Waals surface area contributed by atoms with Crippen LogP contribution in [0.4, 0.5) is 0 Å². The topological polar surface area (TPSA) is 0 Å². The summed E-state index contributed by atoms with van der Waals surface area (Å²) in [6.45, 7) is 14.2. The van der Waals surface area contributed by atoms with E-state index in [1.54, 1.807) is 0 Å². The second-order valence-electron chi connectivity index (χ2n) is 2.21. The number of allylic oxidation sites excluding steroid dienone is 1. The highest BCUT2D eigenvalue weighted by Crippen LogP contribution is 2.11. The van der Waals surface area contributed by atoms with Crippen LogP contribution in [0.5, 0.6) is 0 Å². The van der Waals surface area contributed by atoms with E-state index >= 15 is 0 Å². The van der Waals surface area contributed by atoms with Crippen LogP contribution in [0.3, 0.4) is 0 Å². The van der Waals surface area contributed by atoms with Gasteiger partial charge in [0.2, 0.25) is 0 Å². The van der Waals surface area contributed by atoms with Gasteiger partial charge >= 0.3 is 0 Å². The normalized spacial score (nSPS) is 8.30. The molecule has 10 heavy (non-hydrogen) atoms. The molecule has 0 aromatic carbocycles. The fourth-order valence-corrected chi connectivity index (χ4v) is 0.858. The molecule has 0 amide bonds. The average Bonchev–Trinajstić information content (AvgIpc) is 2.04. The Kier molecular flexibility index (Phi) is 13.8. The number of rotatable bonds is 4. The molecule has 0 atom stereocenters. The summed E-state index contributed by atoms with van der Waals surface area (Å²) in [6, 6.07) is 0. The molecule has 0 saturated carbocycles. The summed E-state index contributed by atoms with van der Waals surface area (Å²) in [4.78, 5) is 0. The van der Waals surface area contributed by atoms with Crippen LogP contribution >= 0.6 is 0 Å². The van der Waals surface area contributed by atoms with Gasteiger partial charge in [0.05, 0.1) is 0 Å². The zero-order valence-corrected chi connectivity index (χ0v) is 7.40. The zero-order chi connectivity index (χ0) is 8.41. The molecule has 0 aliphatic carbocycles. The predicted molar refractivity (Wildman–Crippen MR) is 50.1 cm³/mol. The highest BCUT2D eigenvalue weighted by Gasteiger charge is 1.97. The lowest BCUT2D eigenvalue weighted by molar-refractivity contribution is 0.500. The first-order valence-corrected chi connectivity index (χ1v) is 3.96. The molecule has 0 unspecified atom stereocenters. The Morgan fingerprint density at radius 2 is 1.60 bits per heavy atom. The van der Waals surface area contributed by atoms with E-state index < -0.39 is 0 Å². The van der Waals surface area contributed by atoms with Crippen LogP contribution < -0.4 is 0 Å². The first-order chi connectivity index (χ1) is 4.85. The molecule has 0 spiro atoms. The Bertz CT molecular complexity index is 60.4. The Balaban J connectivity index is 0. The van der Waals surface area contributed by atoms with Gasteiger partial charge in [-0.25, -0.2) is 0 Å². The van der Waals surface area contributed by atoms with Crippen molar-refractivity contribution < 1.29 is 0 Å².